The Morgan fingerprint density at radius 1 is 1.42 bits per heavy atom. The van der Waals surface area contributed by atoms with E-state index in [-0.39, 0.29) is 23.3 Å². The summed E-state index contributed by atoms with van der Waals surface area (Å²) in [5.41, 5.74) is 0.270. The number of alkyl halides is 2. The number of anilines is 1. The van der Waals surface area contributed by atoms with E-state index in [0.29, 0.717) is 5.92 Å². The number of nitrogens with one attached hydrogen (secondary N) is 2. The molecule has 4 nitrogen and oxygen atoms in total. The summed E-state index contributed by atoms with van der Waals surface area (Å²) < 4.78 is 28.9. The molecule has 2 rings (SSSR count). The number of amides is 1. The summed E-state index contributed by atoms with van der Waals surface area (Å²) in [5.74, 6) is -0.0781. The van der Waals surface area contributed by atoms with Gasteiger partial charge in [0.2, 0.25) is 5.91 Å². The van der Waals surface area contributed by atoms with E-state index in [1.807, 2.05) is 6.92 Å². The van der Waals surface area contributed by atoms with Crippen LogP contribution in [-0.4, -0.2) is 25.6 Å². The van der Waals surface area contributed by atoms with E-state index in [1.165, 1.54) is 6.07 Å². The summed E-state index contributed by atoms with van der Waals surface area (Å²) in [6, 6.07) is 6.18. The van der Waals surface area contributed by atoms with Crippen molar-refractivity contribution < 1.29 is 18.3 Å². The minimum atomic E-state index is -2.91. The number of carbonyl (C=O) groups is 1. The van der Waals surface area contributed by atoms with Crippen LogP contribution in [0.3, 0.4) is 0 Å². The van der Waals surface area contributed by atoms with Gasteiger partial charge in [-0.2, -0.15) is 8.78 Å². The third-order valence-corrected chi connectivity index (χ3v) is 3.29. The molecular weight excluding hydrogens is 254 g/mol. The van der Waals surface area contributed by atoms with Crippen LogP contribution in [0.1, 0.15) is 6.92 Å². The Kier molecular flexibility index (Phi) is 4.31. The lowest BCUT2D eigenvalue weighted by Crippen LogP contribution is -2.48. The summed E-state index contributed by atoms with van der Waals surface area (Å²) in [4.78, 5) is 12.0. The van der Waals surface area contributed by atoms with Crippen LogP contribution in [0.15, 0.2) is 24.3 Å². The molecule has 1 aromatic carbocycles. The predicted molar refractivity (Wildman–Crippen MR) is 67.2 cm³/mol. The molecule has 0 aliphatic carbocycles. The van der Waals surface area contributed by atoms with Crippen molar-refractivity contribution in [1.29, 1.82) is 0 Å². The molecule has 19 heavy (non-hydrogen) atoms. The van der Waals surface area contributed by atoms with E-state index in [9.17, 15) is 13.6 Å². The Morgan fingerprint density at radius 2 is 2.11 bits per heavy atom. The van der Waals surface area contributed by atoms with Crippen LogP contribution in [0.4, 0.5) is 14.5 Å². The second kappa shape index (κ2) is 5.97. The number of benzene rings is 1. The zero-order valence-corrected chi connectivity index (χ0v) is 10.5. The quantitative estimate of drug-likeness (QED) is 0.861. The molecule has 6 heteroatoms. The molecule has 1 aliphatic heterocycles. The third-order valence-electron chi connectivity index (χ3n) is 3.29. The molecule has 1 amide bonds. The zero-order chi connectivity index (χ0) is 13.8. The van der Waals surface area contributed by atoms with Crippen molar-refractivity contribution >= 4 is 11.6 Å². The lowest BCUT2D eigenvalue weighted by atomic mass is 9.88. The summed E-state index contributed by atoms with van der Waals surface area (Å²) in [6.45, 7) is 0.539. The van der Waals surface area contributed by atoms with Gasteiger partial charge in [-0.05, 0) is 31.1 Å². The Balaban J connectivity index is 2.03. The Bertz CT molecular complexity index is 450. The molecule has 1 atom stereocenters. The van der Waals surface area contributed by atoms with E-state index in [0.717, 1.165) is 13.1 Å². The number of hydrogen-bond donors (Lipinski definition) is 2. The SMILES string of the molecule is CC(C(=O)Nc1ccccc1OC(F)F)C1CNC1. The van der Waals surface area contributed by atoms with Crippen LogP contribution >= 0.6 is 0 Å². The predicted octanol–water partition coefficient (Wildman–Crippen LogP) is 2.08. The smallest absolute Gasteiger partial charge is 0.387 e. The molecule has 1 heterocycles. The van der Waals surface area contributed by atoms with E-state index in [2.05, 4.69) is 15.4 Å². The Morgan fingerprint density at radius 3 is 2.68 bits per heavy atom. The molecule has 1 aromatic rings. The molecule has 1 aliphatic rings. The van der Waals surface area contributed by atoms with Gasteiger partial charge in [0.05, 0.1) is 5.69 Å². The monoisotopic (exact) mass is 270 g/mol. The van der Waals surface area contributed by atoms with Crippen molar-refractivity contribution in [1.82, 2.24) is 5.32 Å². The van der Waals surface area contributed by atoms with Gasteiger partial charge in [-0.1, -0.05) is 19.1 Å². The van der Waals surface area contributed by atoms with Crippen LogP contribution in [0.25, 0.3) is 0 Å². The molecule has 2 N–H and O–H groups in total. The zero-order valence-electron chi connectivity index (χ0n) is 10.5. The van der Waals surface area contributed by atoms with Gasteiger partial charge < -0.3 is 15.4 Å². The number of ether oxygens (including phenoxy) is 1. The first-order valence-corrected chi connectivity index (χ1v) is 6.13. The molecule has 0 saturated carbocycles. The lowest BCUT2D eigenvalue weighted by Gasteiger charge is -2.31. The summed E-state index contributed by atoms with van der Waals surface area (Å²) >= 11 is 0. The fourth-order valence-corrected chi connectivity index (χ4v) is 1.89. The number of halogens is 2. The second-order valence-electron chi connectivity index (χ2n) is 4.57. The highest BCUT2D eigenvalue weighted by Crippen LogP contribution is 2.27. The number of rotatable bonds is 5. The van der Waals surface area contributed by atoms with Crippen molar-refractivity contribution in [3.63, 3.8) is 0 Å². The second-order valence-corrected chi connectivity index (χ2v) is 4.57. The maximum absolute atomic E-state index is 12.2. The molecule has 0 aromatic heterocycles. The van der Waals surface area contributed by atoms with Gasteiger partial charge in [0, 0.05) is 5.92 Å². The van der Waals surface area contributed by atoms with Crippen LogP contribution in [0.2, 0.25) is 0 Å². The van der Waals surface area contributed by atoms with E-state index < -0.39 is 6.61 Å². The first-order valence-electron chi connectivity index (χ1n) is 6.13. The standard InChI is InChI=1S/C13H16F2N2O2/c1-8(9-6-16-7-9)12(18)17-10-4-2-3-5-11(10)19-13(14)15/h2-5,8-9,13,16H,6-7H2,1H3,(H,17,18). The summed E-state index contributed by atoms with van der Waals surface area (Å²) in [6.07, 6.45) is 0. The fourth-order valence-electron chi connectivity index (χ4n) is 1.89. The highest BCUT2D eigenvalue weighted by molar-refractivity contribution is 5.94. The first-order chi connectivity index (χ1) is 9.08. The third kappa shape index (κ3) is 3.41. The van der Waals surface area contributed by atoms with Crippen molar-refractivity contribution in [3.8, 4) is 5.75 Å². The highest BCUT2D eigenvalue weighted by Gasteiger charge is 2.29. The van der Waals surface area contributed by atoms with Gasteiger partial charge in [-0.15, -0.1) is 0 Å². The summed E-state index contributed by atoms with van der Waals surface area (Å²) in [7, 11) is 0. The molecule has 104 valence electrons. The van der Waals surface area contributed by atoms with Crippen molar-refractivity contribution in [2.45, 2.75) is 13.5 Å². The van der Waals surface area contributed by atoms with E-state index in [4.69, 9.17) is 0 Å². The van der Waals surface area contributed by atoms with Crippen LogP contribution in [0.5, 0.6) is 5.75 Å². The topological polar surface area (TPSA) is 50.4 Å². The van der Waals surface area contributed by atoms with E-state index >= 15 is 0 Å². The molecule has 0 bridgehead atoms. The fraction of sp³-hybridized carbons (Fsp3) is 0.462. The highest BCUT2D eigenvalue weighted by atomic mass is 19.3. The van der Waals surface area contributed by atoms with E-state index in [1.54, 1.807) is 18.2 Å². The normalized spacial score (nSPS) is 16.8. The molecule has 0 radical (unpaired) electrons. The maximum atomic E-state index is 12.2. The van der Waals surface area contributed by atoms with Crippen molar-refractivity contribution in [2.24, 2.45) is 11.8 Å². The van der Waals surface area contributed by atoms with Gasteiger partial charge in [-0.25, -0.2) is 0 Å². The van der Waals surface area contributed by atoms with Crippen molar-refractivity contribution in [2.75, 3.05) is 18.4 Å². The molecule has 1 unspecified atom stereocenters. The lowest BCUT2D eigenvalue weighted by molar-refractivity contribution is -0.121. The van der Waals surface area contributed by atoms with Crippen LogP contribution < -0.4 is 15.4 Å². The Hall–Kier alpha value is -1.69. The van der Waals surface area contributed by atoms with Gasteiger partial charge in [0.15, 0.2) is 0 Å². The van der Waals surface area contributed by atoms with Crippen LogP contribution in [0, 0.1) is 11.8 Å². The molecule has 1 fully saturated rings. The van der Waals surface area contributed by atoms with Crippen LogP contribution in [-0.2, 0) is 4.79 Å². The largest absolute Gasteiger partial charge is 0.433 e. The van der Waals surface area contributed by atoms with Gasteiger partial charge in [0.25, 0.3) is 0 Å². The van der Waals surface area contributed by atoms with Gasteiger partial charge in [-0.3, -0.25) is 4.79 Å². The first kappa shape index (κ1) is 13.7. The minimum Gasteiger partial charge on any atom is -0.433 e. The number of hydrogen-bond acceptors (Lipinski definition) is 3. The average Bonchev–Trinajstić information content (AvgIpc) is 2.28. The molecule has 1 saturated heterocycles. The Labute approximate surface area is 110 Å². The molecular formula is C13H16F2N2O2. The van der Waals surface area contributed by atoms with Gasteiger partial charge >= 0.3 is 6.61 Å². The number of para-hydroxylation sites is 2. The molecule has 0 spiro atoms. The maximum Gasteiger partial charge on any atom is 0.387 e. The van der Waals surface area contributed by atoms with Gasteiger partial charge in [0.1, 0.15) is 5.75 Å². The minimum absolute atomic E-state index is 0.0233. The van der Waals surface area contributed by atoms with Crippen molar-refractivity contribution in [3.05, 3.63) is 24.3 Å². The number of carbonyl (C=O) groups excluding carboxylic acids is 1. The summed E-state index contributed by atoms with van der Waals surface area (Å²) in [5, 5.41) is 5.73. The average molecular weight is 270 g/mol.